The Morgan fingerprint density at radius 2 is 1.85 bits per heavy atom. The van der Waals surface area contributed by atoms with E-state index in [0.717, 1.165) is 0 Å². The summed E-state index contributed by atoms with van der Waals surface area (Å²) in [6, 6.07) is 0. The highest BCUT2D eigenvalue weighted by atomic mass is 16.4. The molecule has 0 aromatic heterocycles. The van der Waals surface area contributed by atoms with Crippen molar-refractivity contribution in [2.24, 2.45) is 28.1 Å². The van der Waals surface area contributed by atoms with Gasteiger partial charge >= 0.3 is 5.97 Å². The third kappa shape index (κ3) is 2.35. The first kappa shape index (κ1) is 19.5. The number of aliphatic hydroxyl groups is 4. The number of aliphatic carboxylic acids is 1. The molecule has 0 heterocycles. The molecule has 0 spiro atoms. The average molecular weight is 366 g/mol. The van der Waals surface area contributed by atoms with Crippen molar-refractivity contribution in [3.8, 4) is 0 Å². The summed E-state index contributed by atoms with van der Waals surface area (Å²) in [5, 5.41) is 53.5. The van der Waals surface area contributed by atoms with Gasteiger partial charge in [-0.15, -0.1) is 6.58 Å². The first-order chi connectivity index (χ1) is 11.9. The van der Waals surface area contributed by atoms with Gasteiger partial charge in [0.25, 0.3) is 0 Å². The van der Waals surface area contributed by atoms with Crippen LogP contribution in [0.3, 0.4) is 0 Å². The Balaban J connectivity index is 2.22. The van der Waals surface area contributed by atoms with Crippen LogP contribution in [-0.4, -0.2) is 55.9 Å². The van der Waals surface area contributed by atoms with Crippen LogP contribution in [0, 0.1) is 28.1 Å². The third-order valence-electron chi connectivity index (χ3n) is 7.53. The summed E-state index contributed by atoms with van der Waals surface area (Å²) >= 11 is 0. The molecule has 3 rings (SSSR count). The molecule has 0 amide bonds. The molecular formula is C20H30O6. The second kappa shape index (κ2) is 5.89. The Bertz CT molecular complexity index is 659. The topological polar surface area (TPSA) is 118 Å². The van der Waals surface area contributed by atoms with Gasteiger partial charge in [0, 0.05) is 22.7 Å². The van der Waals surface area contributed by atoms with Crippen LogP contribution < -0.4 is 0 Å². The summed E-state index contributed by atoms with van der Waals surface area (Å²) < 4.78 is 0. The summed E-state index contributed by atoms with van der Waals surface area (Å²) in [7, 11) is 0. The summed E-state index contributed by atoms with van der Waals surface area (Å²) in [6.07, 6.45) is 0.00315. The summed E-state index contributed by atoms with van der Waals surface area (Å²) in [5.74, 6) is -2.55. The van der Waals surface area contributed by atoms with E-state index in [1.54, 1.807) is 19.9 Å². The fourth-order valence-corrected chi connectivity index (χ4v) is 6.07. The molecule has 2 fully saturated rings. The molecule has 0 saturated heterocycles. The van der Waals surface area contributed by atoms with E-state index in [1.807, 2.05) is 13.0 Å². The van der Waals surface area contributed by atoms with Crippen LogP contribution in [0.2, 0.25) is 0 Å². The number of hydrogen-bond donors (Lipinski definition) is 5. The van der Waals surface area contributed by atoms with Crippen molar-refractivity contribution in [2.75, 3.05) is 0 Å². The minimum Gasteiger partial charge on any atom is -0.481 e. The van der Waals surface area contributed by atoms with Gasteiger partial charge in [0.05, 0.1) is 23.7 Å². The summed E-state index contributed by atoms with van der Waals surface area (Å²) in [4.78, 5) is 12.1. The average Bonchev–Trinajstić information content (AvgIpc) is 2.55. The Morgan fingerprint density at radius 1 is 1.23 bits per heavy atom. The van der Waals surface area contributed by atoms with E-state index in [2.05, 4.69) is 6.58 Å². The van der Waals surface area contributed by atoms with Gasteiger partial charge in [-0.2, -0.15) is 0 Å². The molecule has 0 bridgehead atoms. The molecule has 2 saturated carbocycles. The van der Waals surface area contributed by atoms with Gasteiger partial charge in [-0.05, 0) is 31.8 Å². The lowest BCUT2D eigenvalue weighted by molar-refractivity contribution is -0.228. The first-order valence-corrected chi connectivity index (χ1v) is 9.24. The monoisotopic (exact) mass is 366 g/mol. The highest BCUT2D eigenvalue weighted by Gasteiger charge is 2.68. The van der Waals surface area contributed by atoms with Gasteiger partial charge in [0.2, 0.25) is 0 Å². The maximum atomic E-state index is 12.1. The van der Waals surface area contributed by atoms with Crippen molar-refractivity contribution in [2.45, 2.75) is 64.4 Å². The largest absolute Gasteiger partial charge is 0.481 e. The summed E-state index contributed by atoms with van der Waals surface area (Å²) in [5.41, 5.74) is -2.41. The Kier molecular flexibility index (Phi) is 4.43. The number of fused-ring (bicyclic) bond motifs is 3. The highest BCUT2D eigenvalue weighted by Crippen LogP contribution is 2.64. The lowest BCUT2D eigenvalue weighted by atomic mass is 9.42. The van der Waals surface area contributed by atoms with E-state index < -0.39 is 58.5 Å². The minimum absolute atomic E-state index is 0.208. The van der Waals surface area contributed by atoms with Gasteiger partial charge in [-0.1, -0.05) is 26.0 Å². The number of aliphatic hydroxyl groups excluding tert-OH is 4. The van der Waals surface area contributed by atoms with Crippen molar-refractivity contribution in [1.82, 2.24) is 0 Å². The Labute approximate surface area is 153 Å². The standard InChI is InChI=1S/C20H30O6/c1-5-18(2)8-10-13(11(21)9-18)20(4)12(22)6-7-19(3,17(25)26)16(20)15(24)14(10)23/h5,8,11-16,21-24H,1,6-7,9H2,2-4H3,(H,25,26)/t11-,12+,13-,14+,15-,16+,18+,19+,20-/m0/s1. The van der Waals surface area contributed by atoms with E-state index in [-0.39, 0.29) is 12.8 Å². The van der Waals surface area contributed by atoms with E-state index in [9.17, 15) is 30.3 Å². The van der Waals surface area contributed by atoms with E-state index in [4.69, 9.17) is 0 Å². The van der Waals surface area contributed by atoms with E-state index >= 15 is 0 Å². The second-order valence-electron chi connectivity index (χ2n) is 9.16. The van der Waals surface area contributed by atoms with Crippen LogP contribution in [0.25, 0.3) is 0 Å². The number of hydrogen-bond acceptors (Lipinski definition) is 5. The van der Waals surface area contributed by atoms with Crippen LogP contribution in [0.1, 0.15) is 40.0 Å². The molecule has 6 nitrogen and oxygen atoms in total. The molecule has 6 heteroatoms. The molecule has 0 aromatic carbocycles. The third-order valence-corrected chi connectivity index (χ3v) is 7.53. The van der Waals surface area contributed by atoms with Crippen LogP contribution >= 0.6 is 0 Å². The van der Waals surface area contributed by atoms with E-state index in [0.29, 0.717) is 12.0 Å². The van der Waals surface area contributed by atoms with Gasteiger partial charge in [-0.3, -0.25) is 4.79 Å². The Morgan fingerprint density at radius 3 is 2.38 bits per heavy atom. The SMILES string of the molecule is C=C[C@]1(C)C=C2[C@@H](O)[C@H](O)[C@H]3[C@@](C)([C@H](O)CC[C@@]3(C)C(=O)O)[C@@H]2[C@@H](O)C1. The van der Waals surface area contributed by atoms with Crippen molar-refractivity contribution >= 4 is 5.97 Å². The maximum absolute atomic E-state index is 12.1. The zero-order chi connectivity index (χ0) is 19.7. The molecule has 9 atom stereocenters. The fraction of sp³-hybridized carbons (Fsp3) is 0.750. The predicted molar refractivity (Wildman–Crippen MR) is 95.1 cm³/mol. The highest BCUT2D eigenvalue weighted by molar-refractivity contribution is 5.75. The number of allylic oxidation sites excluding steroid dienone is 2. The quantitative estimate of drug-likeness (QED) is 0.467. The molecule has 0 aliphatic heterocycles. The first-order valence-electron chi connectivity index (χ1n) is 9.24. The molecule has 0 aromatic rings. The van der Waals surface area contributed by atoms with Gasteiger partial charge in [0.15, 0.2) is 0 Å². The number of carboxylic acids is 1. The number of carboxylic acid groups (broad SMARTS) is 1. The van der Waals surface area contributed by atoms with Crippen LogP contribution in [0.15, 0.2) is 24.3 Å². The van der Waals surface area contributed by atoms with Gasteiger partial charge < -0.3 is 25.5 Å². The zero-order valence-electron chi connectivity index (χ0n) is 15.6. The van der Waals surface area contributed by atoms with Crippen molar-refractivity contribution < 1.29 is 30.3 Å². The molecule has 3 aliphatic rings. The number of rotatable bonds is 2. The van der Waals surface area contributed by atoms with E-state index in [1.165, 1.54) is 0 Å². The minimum atomic E-state index is -1.34. The molecule has 5 N–H and O–H groups in total. The Hall–Kier alpha value is -1.21. The molecule has 26 heavy (non-hydrogen) atoms. The van der Waals surface area contributed by atoms with Gasteiger partial charge in [-0.25, -0.2) is 0 Å². The second-order valence-corrected chi connectivity index (χ2v) is 9.16. The van der Waals surface area contributed by atoms with Crippen LogP contribution in [0.5, 0.6) is 0 Å². The zero-order valence-corrected chi connectivity index (χ0v) is 15.6. The lowest BCUT2D eigenvalue weighted by Crippen LogP contribution is -2.69. The smallest absolute Gasteiger partial charge is 0.309 e. The summed E-state index contributed by atoms with van der Waals surface area (Å²) in [6.45, 7) is 9.01. The normalized spacial score (nSPS) is 53.9. The van der Waals surface area contributed by atoms with Crippen LogP contribution in [-0.2, 0) is 4.79 Å². The van der Waals surface area contributed by atoms with Gasteiger partial charge in [0.1, 0.15) is 6.10 Å². The maximum Gasteiger partial charge on any atom is 0.309 e. The number of carbonyl (C=O) groups is 1. The molecule has 3 aliphatic carbocycles. The molecule has 0 radical (unpaired) electrons. The predicted octanol–water partition coefficient (Wildman–Crippen LogP) is 1.09. The molecule has 146 valence electrons. The molecule has 0 unspecified atom stereocenters. The van der Waals surface area contributed by atoms with Crippen molar-refractivity contribution in [3.05, 3.63) is 24.3 Å². The molecular weight excluding hydrogens is 336 g/mol. The van der Waals surface area contributed by atoms with Crippen molar-refractivity contribution in [1.29, 1.82) is 0 Å². The lowest BCUT2D eigenvalue weighted by Gasteiger charge is -2.63. The fourth-order valence-electron chi connectivity index (χ4n) is 6.07. The van der Waals surface area contributed by atoms with Crippen molar-refractivity contribution in [3.63, 3.8) is 0 Å². The van der Waals surface area contributed by atoms with Crippen LogP contribution in [0.4, 0.5) is 0 Å².